The molecule has 17 heavy (non-hydrogen) atoms. The van der Waals surface area contributed by atoms with Gasteiger partial charge in [0.25, 0.3) is 0 Å². The number of hydrogen-bond acceptors (Lipinski definition) is 3. The number of nitrogens with zero attached hydrogens (tertiary/aromatic N) is 1. The largest absolute Gasteiger partial charge is 0.325 e. The lowest BCUT2D eigenvalue weighted by atomic mass is 10.2. The van der Waals surface area contributed by atoms with E-state index in [9.17, 15) is 4.79 Å². The molecule has 0 fully saturated rings. The van der Waals surface area contributed by atoms with E-state index < -0.39 is 6.04 Å². The highest BCUT2D eigenvalue weighted by Gasteiger charge is 2.12. The number of nitriles is 1. The third-order valence-corrected chi connectivity index (χ3v) is 2.44. The van der Waals surface area contributed by atoms with Crippen molar-refractivity contribution in [3.63, 3.8) is 0 Å². The van der Waals surface area contributed by atoms with Crippen LogP contribution in [0.2, 0.25) is 5.02 Å². The molecule has 3 N–H and O–H groups in total. The highest BCUT2D eigenvalue weighted by Crippen LogP contribution is 2.19. The Morgan fingerprint density at radius 1 is 1.71 bits per heavy atom. The minimum atomic E-state index is -0.645. The SMILES string of the molecule is C=CCC(N)C(=O)Nc1ccc(Cl)c(C#N)c1. The maximum Gasteiger partial charge on any atom is 0.241 e. The molecule has 0 saturated heterocycles. The van der Waals surface area contributed by atoms with E-state index in [4.69, 9.17) is 22.6 Å². The summed E-state index contributed by atoms with van der Waals surface area (Å²) in [4.78, 5) is 11.6. The topological polar surface area (TPSA) is 78.9 Å². The third-order valence-electron chi connectivity index (χ3n) is 2.11. The highest BCUT2D eigenvalue weighted by molar-refractivity contribution is 6.31. The number of rotatable bonds is 4. The van der Waals surface area contributed by atoms with Crippen molar-refractivity contribution in [1.29, 1.82) is 5.26 Å². The molecule has 0 aliphatic carbocycles. The summed E-state index contributed by atoms with van der Waals surface area (Å²) in [7, 11) is 0. The molecule has 1 amide bonds. The highest BCUT2D eigenvalue weighted by atomic mass is 35.5. The van der Waals surface area contributed by atoms with Gasteiger partial charge in [-0.25, -0.2) is 0 Å². The molecular weight excluding hydrogens is 238 g/mol. The van der Waals surface area contributed by atoms with E-state index in [1.165, 1.54) is 6.07 Å². The van der Waals surface area contributed by atoms with Gasteiger partial charge in [0.2, 0.25) is 5.91 Å². The predicted molar refractivity (Wildman–Crippen MR) is 67.6 cm³/mol. The average Bonchev–Trinajstić information content (AvgIpc) is 2.31. The van der Waals surface area contributed by atoms with E-state index in [2.05, 4.69) is 11.9 Å². The summed E-state index contributed by atoms with van der Waals surface area (Å²) in [6.07, 6.45) is 1.97. The van der Waals surface area contributed by atoms with Crippen LogP contribution in [0, 0.1) is 11.3 Å². The molecule has 88 valence electrons. The van der Waals surface area contributed by atoms with Gasteiger partial charge in [0.1, 0.15) is 6.07 Å². The van der Waals surface area contributed by atoms with Gasteiger partial charge in [-0.15, -0.1) is 6.58 Å². The molecular formula is C12H12ClN3O. The van der Waals surface area contributed by atoms with E-state index in [-0.39, 0.29) is 5.91 Å². The number of nitrogens with one attached hydrogen (secondary N) is 1. The Labute approximate surface area is 105 Å². The van der Waals surface area contributed by atoms with Crippen molar-refractivity contribution >= 4 is 23.2 Å². The molecule has 0 aliphatic rings. The minimum absolute atomic E-state index is 0.307. The van der Waals surface area contributed by atoms with Gasteiger partial charge in [-0.2, -0.15) is 5.26 Å². The Bertz CT molecular complexity index is 479. The van der Waals surface area contributed by atoms with Crippen molar-refractivity contribution < 1.29 is 4.79 Å². The quantitative estimate of drug-likeness (QED) is 0.802. The first-order valence-corrected chi connectivity index (χ1v) is 5.33. The summed E-state index contributed by atoms with van der Waals surface area (Å²) >= 11 is 5.77. The first kappa shape index (κ1) is 13.2. The second kappa shape index (κ2) is 6.04. The van der Waals surface area contributed by atoms with Crippen LogP contribution >= 0.6 is 11.6 Å². The van der Waals surface area contributed by atoms with Crippen LogP contribution in [-0.4, -0.2) is 11.9 Å². The van der Waals surface area contributed by atoms with Gasteiger partial charge in [-0.05, 0) is 24.6 Å². The molecule has 0 radical (unpaired) electrons. The van der Waals surface area contributed by atoms with Crippen LogP contribution in [0.15, 0.2) is 30.9 Å². The summed E-state index contributed by atoms with van der Waals surface area (Å²) in [5.74, 6) is -0.323. The molecule has 1 unspecified atom stereocenters. The molecule has 5 heteroatoms. The second-order valence-electron chi connectivity index (χ2n) is 3.43. The van der Waals surface area contributed by atoms with Crippen LogP contribution in [0.1, 0.15) is 12.0 Å². The van der Waals surface area contributed by atoms with Gasteiger partial charge in [0.15, 0.2) is 0 Å². The zero-order valence-electron chi connectivity index (χ0n) is 9.11. The molecule has 0 bridgehead atoms. The van der Waals surface area contributed by atoms with Crippen molar-refractivity contribution in [1.82, 2.24) is 0 Å². The molecule has 1 aromatic carbocycles. The molecule has 0 heterocycles. The zero-order chi connectivity index (χ0) is 12.8. The molecule has 1 atom stereocenters. The van der Waals surface area contributed by atoms with Gasteiger partial charge in [0.05, 0.1) is 16.6 Å². The smallest absolute Gasteiger partial charge is 0.241 e. The number of anilines is 1. The van der Waals surface area contributed by atoms with E-state index in [1.54, 1.807) is 18.2 Å². The Morgan fingerprint density at radius 3 is 3.00 bits per heavy atom. The standard InChI is InChI=1S/C12H12ClN3O/c1-2-3-11(15)12(17)16-9-4-5-10(13)8(6-9)7-14/h2,4-6,11H,1,3,15H2,(H,16,17). The fourth-order valence-corrected chi connectivity index (χ4v) is 1.37. The van der Waals surface area contributed by atoms with Crippen molar-refractivity contribution in [2.24, 2.45) is 5.73 Å². The average molecular weight is 250 g/mol. The van der Waals surface area contributed by atoms with Gasteiger partial charge >= 0.3 is 0 Å². The predicted octanol–water partition coefficient (Wildman–Crippen LogP) is 2.05. The van der Waals surface area contributed by atoms with Crippen LogP contribution < -0.4 is 11.1 Å². The van der Waals surface area contributed by atoms with Gasteiger partial charge < -0.3 is 11.1 Å². The summed E-state index contributed by atoms with van der Waals surface area (Å²) in [5, 5.41) is 11.7. The van der Waals surface area contributed by atoms with Gasteiger partial charge in [-0.3, -0.25) is 4.79 Å². The second-order valence-corrected chi connectivity index (χ2v) is 3.83. The number of nitrogens with two attached hydrogens (primary N) is 1. The normalized spacial score (nSPS) is 11.4. The summed E-state index contributed by atoms with van der Waals surface area (Å²) in [6.45, 7) is 3.51. The number of hydrogen-bond donors (Lipinski definition) is 2. The molecule has 0 spiro atoms. The van der Waals surface area contributed by atoms with Crippen LogP contribution in [0.4, 0.5) is 5.69 Å². The van der Waals surface area contributed by atoms with Crippen molar-refractivity contribution in [2.45, 2.75) is 12.5 Å². The summed E-state index contributed by atoms with van der Waals surface area (Å²) in [5.41, 5.74) is 6.40. The lowest BCUT2D eigenvalue weighted by molar-refractivity contribution is -0.117. The van der Waals surface area contributed by atoms with Crippen LogP contribution in [0.3, 0.4) is 0 Å². The molecule has 1 rings (SSSR count). The zero-order valence-corrected chi connectivity index (χ0v) is 9.87. The summed E-state index contributed by atoms with van der Waals surface area (Å²) in [6, 6.07) is 5.95. The molecule has 0 saturated carbocycles. The van der Waals surface area contributed by atoms with Crippen molar-refractivity contribution in [3.05, 3.63) is 41.4 Å². The van der Waals surface area contributed by atoms with E-state index in [0.29, 0.717) is 22.7 Å². The van der Waals surface area contributed by atoms with Gasteiger partial charge in [-0.1, -0.05) is 17.7 Å². The number of carbonyl (C=O) groups is 1. The molecule has 4 nitrogen and oxygen atoms in total. The Kier molecular flexibility index (Phi) is 4.70. The third kappa shape index (κ3) is 3.59. The van der Waals surface area contributed by atoms with E-state index in [1.807, 2.05) is 6.07 Å². The van der Waals surface area contributed by atoms with Crippen molar-refractivity contribution in [3.8, 4) is 6.07 Å². The van der Waals surface area contributed by atoms with Crippen LogP contribution in [0.5, 0.6) is 0 Å². The minimum Gasteiger partial charge on any atom is -0.325 e. The molecule has 0 aromatic heterocycles. The number of amides is 1. The Hall–Kier alpha value is -1.83. The first-order chi connectivity index (χ1) is 8.08. The lowest BCUT2D eigenvalue weighted by Crippen LogP contribution is -2.35. The fraction of sp³-hybridized carbons (Fsp3) is 0.167. The monoisotopic (exact) mass is 249 g/mol. The fourth-order valence-electron chi connectivity index (χ4n) is 1.21. The number of carbonyl (C=O) groups excluding carboxylic acids is 1. The Morgan fingerprint density at radius 2 is 2.41 bits per heavy atom. The van der Waals surface area contributed by atoms with Crippen LogP contribution in [0.25, 0.3) is 0 Å². The first-order valence-electron chi connectivity index (χ1n) is 4.95. The maximum absolute atomic E-state index is 11.6. The number of halogens is 1. The molecule has 1 aromatic rings. The molecule has 0 aliphatic heterocycles. The number of benzene rings is 1. The summed E-state index contributed by atoms with van der Waals surface area (Å²) < 4.78 is 0. The van der Waals surface area contributed by atoms with Gasteiger partial charge in [0, 0.05) is 5.69 Å². The van der Waals surface area contributed by atoms with E-state index in [0.717, 1.165) is 0 Å². The lowest BCUT2D eigenvalue weighted by Gasteiger charge is -2.10. The van der Waals surface area contributed by atoms with Crippen LogP contribution in [-0.2, 0) is 4.79 Å². The maximum atomic E-state index is 11.6. The van der Waals surface area contributed by atoms with E-state index >= 15 is 0 Å². The Balaban J connectivity index is 2.79. The van der Waals surface area contributed by atoms with Crippen molar-refractivity contribution in [2.75, 3.05) is 5.32 Å².